The summed E-state index contributed by atoms with van der Waals surface area (Å²) in [4.78, 5) is 5.12. The Hall–Kier alpha value is -2.32. The minimum atomic E-state index is -0.0353. The highest BCUT2D eigenvalue weighted by atomic mass is 15.2. The molecule has 1 aliphatic heterocycles. The predicted molar refractivity (Wildman–Crippen MR) is 138 cm³/mol. The topological polar surface area (TPSA) is 6.48 Å². The Morgan fingerprint density at radius 3 is 1.94 bits per heavy atom. The smallest absolute Gasteiger partial charge is 0.0680 e. The van der Waals surface area contributed by atoms with Gasteiger partial charge in [-0.25, -0.2) is 0 Å². The molecule has 31 heavy (non-hydrogen) atoms. The summed E-state index contributed by atoms with van der Waals surface area (Å²) in [5.74, 6) is 0. The van der Waals surface area contributed by atoms with Gasteiger partial charge in [0, 0.05) is 31.0 Å². The van der Waals surface area contributed by atoms with E-state index in [0.29, 0.717) is 0 Å². The standard InChI is InChI=1S/C27H36N2.C2H6/c1-5-23(3)27(29(24(4)6-2)26-15-11-8-12-16-26)18-21-28(22-19-27)20-17-25-13-9-7-10-14-25;1-2/h7-16H,3-6,17-22H2,1-2H3;1-2H3. The molecule has 0 N–H and O–H groups in total. The van der Waals surface area contributed by atoms with Gasteiger partial charge in [-0.2, -0.15) is 0 Å². The molecule has 0 spiro atoms. The lowest BCUT2D eigenvalue weighted by Gasteiger charge is -2.52. The molecule has 0 amide bonds. The van der Waals surface area contributed by atoms with Crippen molar-refractivity contribution in [3.8, 4) is 0 Å². The normalized spacial score (nSPS) is 15.5. The molecule has 168 valence electrons. The Bertz CT molecular complexity index is 786. The molecule has 2 aromatic carbocycles. The van der Waals surface area contributed by atoms with Crippen molar-refractivity contribution in [3.63, 3.8) is 0 Å². The number of allylic oxidation sites excluding steroid dienone is 1. The van der Waals surface area contributed by atoms with Crippen molar-refractivity contribution >= 4 is 5.69 Å². The molecule has 0 saturated carbocycles. The molecule has 0 bridgehead atoms. The first-order valence-corrected chi connectivity index (χ1v) is 12.1. The van der Waals surface area contributed by atoms with Crippen molar-refractivity contribution in [2.45, 2.75) is 65.3 Å². The van der Waals surface area contributed by atoms with E-state index in [9.17, 15) is 0 Å². The first-order chi connectivity index (χ1) is 15.1. The number of benzene rings is 2. The van der Waals surface area contributed by atoms with Crippen LogP contribution in [0.5, 0.6) is 0 Å². The second kappa shape index (κ2) is 12.5. The zero-order valence-corrected chi connectivity index (χ0v) is 20.2. The summed E-state index contributed by atoms with van der Waals surface area (Å²) >= 11 is 0. The number of para-hydroxylation sites is 1. The zero-order valence-electron chi connectivity index (χ0n) is 20.2. The molecule has 0 aromatic heterocycles. The molecule has 0 aliphatic carbocycles. The van der Waals surface area contributed by atoms with E-state index in [-0.39, 0.29) is 5.54 Å². The number of likely N-dealkylation sites (tertiary alicyclic amines) is 1. The summed E-state index contributed by atoms with van der Waals surface area (Å²) in [5.41, 5.74) is 5.15. The van der Waals surface area contributed by atoms with Crippen LogP contribution in [-0.4, -0.2) is 30.1 Å². The van der Waals surface area contributed by atoms with E-state index in [0.717, 1.165) is 51.7 Å². The second-order valence-corrected chi connectivity index (χ2v) is 8.16. The first kappa shape index (κ1) is 24.9. The third-order valence-corrected chi connectivity index (χ3v) is 6.49. The molecule has 0 atom stereocenters. The van der Waals surface area contributed by atoms with Gasteiger partial charge in [0.15, 0.2) is 0 Å². The summed E-state index contributed by atoms with van der Waals surface area (Å²) < 4.78 is 0. The van der Waals surface area contributed by atoms with Gasteiger partial charge in [0.1, 0.15) is 0 Å². The average Bonchev–Trinajstić information content (AvgIpc) is 2.85. The molecule has 0 unspecified atom stereocenters. The van der Waals surface area contributed by atoms with E-state index in [1.807, 2.05) is 13.8 Å². The summed E-state index contributed by atoms with van der Waals surface area (Å²) in [6, 6.07) is 21.6. The van der Waals surface area contributed by atoms with Crippen LogP contribution in [0.25, 0.3) is 0 Å². The van der Waals surface area contributed by atoms with Gasteiger partial charge in [-0.3, -0.25) is 0 Å². The van der Waals surface area contributed by atoms with Crippen LogP contribution >= 0.6 is 0 Å². The third-order valence-electron chi connectivity index (χ3n) is 6.49. The van der Waals surface area contributed by atoms with Crippen LogP contribution < -0.4 is 4.90 Å². The zero-order chi connectivity index (χ0) is 22.7. The lowest BCUT2D eigenvalue weighted by molar-refractivity contribution is 0.177. The first-order valence-electron chi connectivity index (χ1n) is 12.1. The molecule has 1 heterocycles. The van der Waals surface area contributed by atoms with Crippen LogP contribution in [0.2, 0.25) is 0 Å². The van der Waals surface area contributed by atoms with Crippen LogP contribution in [0.3, 0.4) is 0 Å². The summed E-state index contributed by atoms with van der Waals surface area (Å²) in [6.07, 6.45) is 5.27. The highest BCUT2D eigenvalue weighted by molar-refractivity contribution is 5.57. The molecule has 2 heteroatoms. The van der Waals surface area contributed by atoms with Crippen LogP contribution in [0.15, 0.2) is 85.1 Å². The van der Waals surface area contributed by atoms with Crippen LogP contribution in [0.1, 0.15) is 58.9 Å². The number of hydrogen-bond donors (Lipinski definition) is 0. The molecular formula is C29H42N2. The van der Waals surface area contributed by atoms with Crippen molar-refractivity contribution in [3.05, 3.63) is 90.7 Å². The summed E-state index contributed by atoms with van der Waals surface area (Å²) in [6.45, 7) is 20.8. The van der Waals surface area contributed by atoms with Crippen LogP contribution in [0, 0.1) is 0 Å². The fourth-order valence-electron chi connectivity index (χ4n) is 4.61. The monoisotopic (exact) mass is 418 g/mol. The van der Waals surface area contributed by atoms with Crippen molar-refractivity contribution in [1.29, 1.82) is 0 Å². The Morgan fingerprint density at radius 2 is 1.42 bits per heavy atom. The van der Waals surface area contributed by atoms with E-state index in [4.69, 9.17) is 0 Å². The van der Waals surface area contributed by atoms with Gasteiger partial charge in [0.25, 0.3) is 0 Å². The molecular weight excluding hydrogens is 376 g/mol. The van der Waals surface area contributed by atoms with Crippen LogP contribution in [-0.2, 0) is 6.42 Å². The molecule has 2 aromatic rings. The van der Waals surface area contributed by atoms with Crippen molar-refractivity contribution in [2.75, 3.05) is 24.5 Å². The van der Waals surface area contributed by atoms with Gasteiger partial charge in [-0.05, 0) is 49.8 Å². The molecule has 0 radical (unpaired) electrons. The number of nitrogens with zero attached hydrogens (tertiary/aromatic N) is 2. The van der Waals surface area contributed by atoms with Gasteiger partial charge in [-0.15, -0.1) is 0 Å². The van der Waals surface area contributed by atoms with Gasteiger partial charge in [0.05, 0.1) is 5.54 Å². The molecule has 3 rings (SSSR count). The summed E-state index contributed by atoms with van der Waals surface area (Å²) in [5, 5.41) is 0. The van der Waals surface area contributed by atoms with Gasteiger partial charge in [-0.1, -0.05) is 95.0 Å². The Balaban J connectivity index is 0.00000166. The Kier molecular flexibility index (Phi) is 10.1. The number of anilines is 1. The van der Waals surface area contributed by atoms with Gasteiger partial charge < -0.3 is 9.80 Å². The van der Waals surface area contributed by atoms with E-state index in [2.05, 4.69) is 97.5 Å². The maximum atomic E-state index is 4.55. The van der Waals surface area contributed by atoms with Gasteiger partial charge in [0.2, 0.25) is 0 Å². The Labute approximate surface area is 191 Å². The molecule has 1 saturated heterocycles. The fourth-order valence-corrected chi connectivity index (χ4v) is 4.61. The molecule has 1 fully saturated rings. The number of piperidine rings is 1. The van der Waals surface area contributed by atoms with Gasteiger partial charge >= 0.3 is 0 Å². The quantitative estimate of drug-likeness (QED) is 0.389. The van der Waals surface area contributed by atoms with Crippen molar-refractivity contribution < 1.29 is 0 Å². The SMILES string of the molecule is C=C(CC)N(c1ccccc1)C1(C(=C)CC)CCN(CCc2ccccc2)CC1.CC. The molecule has 1 aliphatic rings. The lowest BCUT2D eigenvalue weighted by Crippen LogP contribution is -2.56. The highest BCUT2D eigenvalue weighted by Gasteiger charge is 2.42. The van der Waals surface area contributed by atoms with E-state index >= 15 is 0 Å². The van der Waals surface area contributed by atoms with Crippen LogP contribution in [0.4, 0.5) is 5.69 Å². The molecule has 2 nitrogen and oxygen atoms in total. The minimum absolute atomic E-state index is 0.0353. The summed E-state index contributed by atoms with van der Waals surface area (Å²) in [7, 11) is 0. The maximum absolute atomic E-state index is 4.55. The van der Waals surface area contributed by atoms with Crippen molar-refractivity contribution in [2.24, 2.45) is 0 Å². The minimum Gasteiger partial charge on any atom is -0.336 e. The lowest BCUT2D eigenvalue weighted by atomic mass is 9.77. The average molecular weight is 419 g/mol. The van der Waals surface area contributed by atoms with Crippen molar-refractivity contribution in [1.82, 2.24) is 4.90 Å². The predicted octanol–water partition coefficient (Wildman–Crippen LogP) is 7.49. The Morgan fingerprint density at radius 1 is 0.871 bits per heavy atom. The number of rotatable bonds is 9. The van der Waals surface area contributed by atoms with E-state index in [1.54, 1.807) is 0 Å². The third kappa shape index (κ3) is 6.11. The second-order valence-electron chi connectivity index (χ2n) is 8.16. The number of hydrogen-bond acceptors (Lipinski definition) is 2. The highest BCUT2D eigenvalue weighted by Crippen LogP contribution is 2.42. The largest absolute Gasteiger partial charge is 0.336 e. The fraction of sp³-hybridized carbons (Fsp3) is 0.448. The van der Waals surface area contributed by atoms with E-state index < -0.39 is 0 Å². The van der Waals surface area contributed by atoms with E-state index in [1.165, 1.54) is 22.5 Å². The maximum Gasteiger partial charge on any atom is 0.0680 e.